The largest absolute Gasteiger partial charge is 0.356 e. The first-order chi connectivity index (χ1) is 11.1. The molecule has 0 atom stereocenters. The summed E-state index contributed by atoms with van der Waals surface area (Å²) in [6.45, 7) is 1.78. The van der Waals surface area contributed by atoms with E-state index in [1.165, 1.54) is 4.90 Å². The number of halogens is 1. The zero-order valence-electron chi connectivity index (χ0n) is 14.4. The van der Waals surface area contributed by atoms with Gasteiger partial charge in [0.15, 0.2) is 5.96 Å². The average Bonchev–Trinajstić information content (AvgIpc) is 2.56. The summed E-state index contributed by atoms with van der Waals surface area (Å²) in [5.74, 6) is 2.63. The van der Waals surface area contributed by atoms with Gasteiger partial charge in [-0.1, -0.05) is 18.2 Å². The number of hydrogen-bond donors (Lipinski definition) is 2. The van der Waals surface area contributed by atoms with Crippen molar-refractivity contribution in [3.05, 3.63) is 30.3 Å². The van der Waals surface area contributed by atoms with Gasteiger partial charge < -0.3 is 15.5 Å². The molecular weight excluding hydrogens is 455 g/mol. The molecule has 1 aromatic carbocycles. The summed E-state index contributed by atoms with van der Waals surface area (Å²) in [6, 6.07) is 10.3. The van der Waals surface area contributed by atoms with E-state index in [1.807, 2.05) is 18.2 Å². The zero-order chi connectivity index (χ0) is 16.9. The molecule has 0 saturated carbocycles. The molecule has 2 N–H and O–H groups in total. The van der Waals surface area contributed by atoms with Crippen LogP contribution in [0.4, 0.5) is 0 Å². The first kappa shape index (κ1) is 23.4. The maximum Gasteiger partial charge on any atom is 0.243 e. The molecule has 0 unspecified atom stereocenters. The number of benzene rings is 1. The molecule has 1 amide bonds. The van der Waals surface area contributed by atoms with Crippen molar-refractivity contribution in [1.29, 1.82) is 0 Å². The summed E-state index contributed by atoms with van der Waals surface area (Å²) in [6.07, 6.45) is 2.07. The van der Waals surface area contributed by atoms with E-state index in [4.69, 9.17) is 0 Å². The van der Waals surface area contributed by atoms with Gasteiger partial charge in [0.1, 0.15) is 6.54 Å². The molecular formula is C16H27IN4OS2. The van der Waals surface area contributed by atoms with Gasteiger partial charge in [-0.3, -0.25) is 4.79 Å². The van der Waals surface area contributed by atoms with Crippen molar-refractivity contribution in [2.75, 3.05) is 51.5 Å². The van der Waals surface area contributed by atoms with E-state index in [-0.39, 0.29) is 36.4 Å². The molecule has 1 rings (SSSR count). The molecule has 0 saturated heterocycles. The van der Waals surface area contributed by atoms with Crippen LogP contribution in [0.15, 0.2) is 40.2 Å². The lowest BCUT2D eigenvalue weighted by Crippen LogP contribution is -2.40. The molecule has 0 spiro atoms. The minimum Gasteiger partial charge on any atom is -0.356 e. The Bertz CT molecular complexity index is 486. The highest BCUT2D eigenvalue weighted by Crippen LogP contribution is 2.15. The van der Waals surface area contributed by atoms with Gasteiger partial charge in [0.2, 0.25) is 5.91 Å². The fraction of sp³-hybridized carbons (Fsp3) is 0.500. The quantitative estimate of drug-likeness (QED) is 0.186. The Balaban J connectivity index is 0.00000529. The predicted molar refractivity (Wildman–Crippen MR) is 118 cm³/mol. The Morgan fingerprint density at radius 3 is 2.33 bits per heavy atom. The maximum absolute atomic E-state index is 11.6. The predicted octanol–water partition coefficient (Wildman–Crippen LogP) is 2.38. The molecule has 0 fully saturated rings. The van der Waals surface area contributed by atoms with Gasteiger partial charge in [-0.15, -0.1) is 35.7 Å². The van der Waals surface area contributed by atoms with E-state index in [9.17, 15) is 4.79 Å². The normalized spacial score (nSPS) is 10.7. The van der Waals surface area contributed by atoms with Crippen molar-refractivity contribution in [1.82, 2.24) is 15.5 Å². The van der Waals surface area contributed by atoms with Crippen LogP contribution in [0, 0.1) is 0 Å². The minimum absolute atomic E-state index is 0. The molecule has 0 aliphatic rings. The second-order valence-electron chi connectivity index (χ2n) is 4.96. The molecule has 0 aliphatic carbocycles. The molecule has 1 aromatic rings. The van der Waals surface area contributed by atoms with Crippen molar-refractivity contribution in [3.63, 3.8) is 0 Å². The lowest BCUT2D eigenvalue weighted by molar-refractivity contribution is -0.127. The van der Waals surface area contributed by atoms with Gasteiger partial charge in [0.05, 0.1) is 0 Å². The van der Waals surface area contributed by atoms with Gasteiger partial charge in [-0.05, 0) is 18.4 Å². The van der Waals surface area contributed by atoms with Gasteiger partial charge in [0, 0.05) is 43.6 Å². The number of rotatable bonds is 9. The van der Waals surface area contributed by atoms with E-state index in [1.54, 1.807) is 42.5 Å². The number of carbonyl (C=O) groups excluding carboxylic acids is 1. The van der Waals surface area contributed by atoms with Crippen LogP contribution in [0.5, 0.6) is 0 Å². The number of aliphatic imine (C=N–C) groups is 1. The van der Waals surface area contributed by atoms with Crippen LogP contribution < -0.4 is 10.6 Å². The van der Waals surface area contributed by atoms with E-state index in [2.05, 4.69) is 34.0 Å². The fourth-order valence-corrected chi connectivity index (χ4v) is 2.68. The molecule has 0 bridgehead atoms. The summed E-state index contributed by atoms with van der Waals surface area (Å²) in [5.41, 5.74) is 0. The second kappa shape index (κ2) is 14.7. The Hall–Kier alpha value is -0.610. The lowest BCUT2D eigenvalue weighted by atomic mass is 10.4. The van der Waals surface area contributed by atoms with Crippen LogP contribution in [0.3, 0.4) is 0 Å². The standard InChI is InChI=1S/C16H26N4OS2.HI/c1-20(2)15(21)13-19-16(17-9-11-22-3)18-10-12-23-14-7-5-4-6-8-14;/h4-8H,9-13H2,1-3H3,(H2,17,18,19);1H. The lowest BCUT2D eigenvalue weighted by Gasteiger charge is -2.13. The van der Waals surface area contributed by atoms with Crippen LogP contribution in [0.1, 0.15) is 0 Å². The first-order valence-electron chi connectivity index (χ1n) is 7.52. The van der Waals surface area contributed by atoms with Crippen LogP contribution in [-0.4, -0.2) is 68.3 Å². The maximum atomic E-state index is 11.6. The molecule has 0 radical (unpaired) electrons. The number of nitrogens with one attached hydrogen (secondary N) is 2. The Labute approximate surface area is 170 Å². The van der Waals surface area contributed by atoms with Crippen molar-refractivity contribution >= 4 is 59.4 Å². The molecule has 0 aliphatic heterocycles. The highest BCUT2D eigenvalue weighted by atomic mass is 127. The third kappa shape index (κ3) is 11.0. The number of amides is 1. The number of nitrogens with zero attached hydrogens (tertiary/aromatic N) is 2. The SMILES string of the molecule is CSCCNC(=NCC(=O)N(C)C)NCCSc1ccccc1.I. The topological polar surface area (TPSA) is 56.7 Å². The monoisotopic (exact) mass is 482 g/mol. The van der Waals surface area contributed by atoms with Gasteiger partial charge >= 0.3 is 0 Å². The van der Waals surface area contributed by atoms with E-state index in [0.29, 0.717) is 5.96 Å². The second-order valence-corrected chi connectivity index (χ2v) is 7.11. The Morgan fingerprint density at radius 1 is 1.12 bits per heavy atom. The van der Waals surface area contributed by atoms with Crippen molar-refractivity contribution < 1.29 is 4.79 Å². The number of carbonyl (C=O) groups is 1. The number of hydrogen-bond acceptors (Lipinski definition) is 4. The highest BCUT2D eigenvalue weighted by molar-refractivity contribution is 14.0. The highest BCUT2D eigenvalue weighted by Gasteiger charge is 2.04. The Morgan fingerprint density at radius 2 is 1.75 bits per heavy atom. The summed E-state index contributed by atoms with van der Waals surface area (Å²) in [4.78, 5) is 18.8. The van der Waals surface area contributed by atoms with Gasteiger partial charge in [-0.2, -0.15) is 11.8 Å². The zero-order valence-corrected chi connectivity index (χ0v) is 18.4. The van der Waals surface area contributed by atoms with Crippen molar-refractivity contribution in [2.24, 2.45) is 4.99 Å². The minimum atomic E-state index is -0.00497. The Kier molecular flexibility index (Phi) is 14.3. The third-order valence-corrected chi connectivity index (χ3v) is 4.50. The smallest absolute Gasteiger partial charge is 0.243 e. The number of guanidine groups is 1. The summed E-state index contributed by atoms with van der Waals surface area (Å²) < 4.78 is 0. The third-order valence-electron chi connectivity index (χ3n) is 2.88. The van der Waals surface area contributed by atoms with Gasteiger partial charge in [-0.25, -0.2) is 4.99 Å². The van der Waals surface area contributed by atoms with Crippen LogP contribution >= 0.6 is 47.5 Å². The van der Waals surface area contributed by atoms with Crippen molar-refractivity contribution in [2.45, 2.75) is 4.90 Å². The van der Waals surface area contributed by atoms with Crippen LogP contribution in [0.2, 0.25) is 0 Å². The van der Waals surface area contributed by atoms with Crippen LogP contribution in [-0.2, 0) is 4.79 Å². The summed E-state index contributed by atoms with van der Waals surface area (Å²) in [5, 5.41) is 6.53. The number of thioether (sulfide) groups is 2. The number of likely N-dealkylation sites (N-methyl/N-ethyl adjacent to an activating group) is 1. The van der Waals surface area contributed by atoms with E-state index >= 15 is 0 Å². The van der Waals surface area contributed by atoms with Gasteiger partial charge in [0.25, 0.3) is 0 Å². The average molecular weight is 482 g/mol. The molecule has 136 valence electrons. The van der Waals surface area contributed by atoms with E-state index < -0.39 is 0 Å². The fourth-order valence-electron chi connectivity index (χ4n) is 1.59. The molecule has 8 heteroatoms. The van der Waals surface area contributed by atoms with E-state index in [0.717, 1.165) is 24.6 Å². The first-order valence-corrected chi connectivity index (χ1v) is 9.90. The van der Waals surface area contributed by atoms with Crippen LogP contribution in [0.25, 0.3) is 0 Å². The summed E-state index contributed by atoms with van der Waals surface area (Å²) in [7, 11) is 3.48. The molecule has 24 heavy (non-hydrogen) atoms. The van der Waals surface area contributed by atoms with Crippen molar-refractivity contribution in [3.8, 4) is 0 Å². The molecule has 5 nitrogen and oxygen atoms in total. The summed E-state index contributed by atoms with van der Waals surface area (Å²) >= 11 is 3.57. The molecule has 0 heterocycles. The molecule has 0 aromatic heterocycles.